The van der Waals surface area contributed by atoms with E-state index in [0.717, 1.165) is 23.8 Å². The van der Waals surface area contributed by atoms with E-state index < -0.39 is 37.5 Å². The monoisotopic (exact) mass is 437 g/mol. The second-order valence-corrected chi connectivity index (χ2v) is 7.91. The lowest BCUT2D eigenvalue weighted by Gasteiger charge is -2.38. The molecule has 1 N–H and O–H groups in total. The van der Waals surface area contributed by atoms with E-state index in [2.05, 4.69) is 10.2 Å². The summed E-state index contributed by atoms with van der Waals surface area (Å²) in [6.45, 7) is 0. The molecule has 2 aliphatic carbocycles. The summed E-state index contributed by atoms with van der Waals surface area (Å²) in [6.07, 6.45) is 3.53. The normalized spacial score (nSPS) is 18.1. The molecule has 0 amide bonds. The molecule has 0 saturated heterocycles. The number of carbonyl (C=O) groups is 2. The topological polar surface area (TPSA) is 163 Å². The SMILES string of the molecule is O=C1C=Cc2ccccc2C1=NN=C1C(=O)C=C(S(=O)(=O)O)c2cc(N([O-])[O-])ccc21. The Hall–Kier alpha value is -3.77. The van der Waals surface area contributed by atoms with Gasteiger partial charge >= 0.3 is 0 Å². The maximum atomic E-state index is 12.5. The summed E-state index contributed by atoms with van der Waals surface area (Å²) in [4.78, 5) is 24.0. The first kappa shape index (κ1) is 20.5. The molecule has 0 unspecified atom stereocenters. The lowest BCUT2D eigenvalue weighted by atomic mass is 9.93. The second-order valence-electron chi connectivity index (χ2n) is 6.52. The van der Waals surface area contributed by atoms with Crippen LogP contribution in [0.4, 0.5) is 5.69 Å². The van der Waals surface area contributed by atoms with E-state index in [0.29, 0.717) is 11.6 Å². The number of anilines is 1. The molecule has 0 bridgehead atoms. The van der Waals surface area contributed by atoms with Crippen LogP contribution in [-0.4, -0.2) is 36.0 Å². The summed E-state index contributed by atoms with van der Waals surface area (Å²) in [5.41, 5.74) is 0.0693. The van der Waals surface area contributed by atoms with Crippen LogP contribution in [0.15, 0.2) is 64.8 Å². The Kier molecular flexibility index (Phi) is 4.95. The molecule has 2 aromatic rings. The molecule has 2 aromatic carbocycles. The molecule has 0 fully saturated rings. The van der Waals surface area contributed by atoms with Crippen LogP contribution in [0.25, 0.3) is 11.0 Å². The van der Waals surface area contributed by atoms with Crippen LogP contribution in [-0.2, 0) is 19.7 Å². The van der Waals surface area contributed by atoms with Crippen molar-refractivity contribution in [2.45, 2.75) is 0 Å². The van der Waals surface area contributed by atoms with Crippen LogP contribution < -0.4 is 5.23 Å². The molecular weight excluding hydrogens is 426 g/mol. The van der Waals surface area contributed by atoms with E-state index >= 15 is 0 Å². The molecule has 10 nitrogen and oxygen atoms in total. The summed E-state index contributed by atoms with van der Waals surface area (Å²) in [7, 11) is -4.86. The van der Waals surface area contributed by atoms with Crippen molar-refractivity contribution in [1.82, 2.24) is 0 Å². The van der Waals surface area contributed by atoms with Crippen molar-refractivity contribution in [3.63, 3.8) is 0 Å². The molecule has 0 saturated carbocycles. The van der Waals surface area contributed by atoms with Crippen LogP contribution in [0, 0.1) is 10.4 Å². The van der Waals surface area contributed by atoms with Gasteiger partial charge in [-0.2, -0.15) is 8.42 Å². The Balaban J connectivity index is 1.89. The van der Waals surface area contributed by atoms with Crippen molar-refractivity contribution in [1.29, 1.82) is 0 Å². The zero-order chi connectivity index (χ0) is 22.3. The molecule has 156 valence electrons. The van der Waals surface area contributed by atoms with Gasteiger partial charge in [0.2, 0.25) is 11.6 Å². The minimum atomic E-state index is -4.86. The molecule has 11 heteroatoms. The van der Waals surface area contributed by atoms with Gasteiger partial charge in [0.25, 0.3) is 10.1 Å². The van der Waals surface area contributed by atoms with Gasteiger partial charge in [-0.25, -0.2) is 0 Å². The highest BCUT2D eigenvalue weighted by molar-refractivity contribution is 7.95. The van der Waals surface area contributed by atoms with Crippen LogP contribution in [0.1, 0.15) is 22.3 Å². The van der Waals surface area contributed by atoms with Crippen molar-refractivity contribution in [2.24, 2.45) is 10.2 Å². The van der Waals surface area contributed by atoms with Gasteiger partial charge in [0.05, 0.1) is 0 Å². The summed E-state index contributed by atoms with van der Waals surface area (Å²) < 4.78 is 32.9. The quantitative estimate of drug-likeness (QED) is 0.563. The molecule has 0 atom stereocenters. The summed E-state index contributed by atoms with van der Waals surface area (Å²) in [5.74, 6) is -1.34. The fourth-order valence-corrected chi connectivity index (χ4v) is 3.91. The number of nitrogens with zero attached hydrogens (tertiary/aromatic N) is 3. The first-order valence-electron chi connectivity index (χ1n) is 8.67. The Labute approximate surface area is 175 Å². The molecule has 0 aliphatic heterocycles. The van der Waals surface area contributed by atoms with Gasteiger partial charge in [-0.05, 0) is 29.8 Å². The van der Waals surface area contributed by atoms with Crippen LogP contribution in [0.2, 0.25) is 0 Å². The second kappa shape index (κ2) is 7.49. The standard InChI is InChI=1S/C20H11N3O7S/c24-16-8-5-11-3-1-2-4-13(11)19(16)21-22-20-14-7-6-12(23(26)27)9-15(14)18(10-17(20)25)31(28,29)30/h1-10H,(H,28,29,30)/q-2. The first-order chi connectivity index (χ1) is 14.7. The molecule has 0 spiro atoms. The number of benzene rings is 2. The van der Waals surface area contributed by atoms with Crippen LogP contribution >= 0.6 is 0 Å². The van der Waals surface area contributed by atoms with Gasteiger partial charge in [0, 0.05) is 28.5 Å². The third kappa shape index (κ3) is 3.73. The molecule has 0 aromatic heterocycles. The fourth-order valence-electron chi connectivity index (χ4n) is 3.21. The molecule has 0 radical (unpaired) electrons. The molecule has 4 rings (SSSR count). The summed E-state index contributed by atoms with van der Waals surface area (Å²) in [5, 5.41) is 29.2. The van der Waals surface area contributed by atoms with E-state index in [4.69, 9.17) is 0 Å². The van der Waals surface area contributed by atoms with Gasteiger partial charge < -0.3 is 15.6 Å². The lowest BCUT2D eigenvalue weighted by molar-refractivity contribution is -0.109. The lowest BCUT2D eigenvalue weighted by Crippen LogP contribution is -2.23. The number of hydrogen-bond donors (Lipinski definition) is 1. The molecule has 2 aliphatic rings. The van der Waals surface area contributed by atoms with Crippen molar-refractivity contribution < 1.29 is 22.6 Å². The third-order valence-electron chi connectivity index (χ3n) is 4.62. The van der Waals surface area contributed by atoms with Crippen molar-refractivity contribution in [3.05, 3.63) is 87.3 Å². The van der Waals surface area contributed by atoms with Crippen molar-refractivity contribution in [3.8, 4) is 0 Å². The van der Waals surface area contributed by atoms with Crippen molar-refractivity contribution in [2.75, 3.05) is 5.23 Å². The van der Waals surface area contributed by atoms with Crippen molar-refractivity contribution >= 4 is 49.8 Å². The fraction of sp³-hybridized carbons (Fsp3) is 0. The summed E-state index contributed by atoms with van der Waals surface area (Å²) in [6, 6.07) is 10.0. The molecular formula is C20H11N3O7S-2. The Morgan fingerprint density at radius 2 is 1.52 bits per heavy atom. The van der Waals surface area contributed by atoms with E-state index in [1.807, 2.05) is 0 Å². The summed E-state index contributed by atoms with van der Waals surface area (Å²) >= 11 is 0. The number of rotatable bonds is 3. The predicted molar refractivity (Wildman–Crippen MR) is 114 cm³/mol. The molecule has 31 heavy (non-hydrogen) atoms. The average Bonchev–Trinajstić information content (AvgIpc) is 2.72. The number of fused-ring (bicyclic) bond motifs is 2. The van der Waals surface area contributed by atoms with E-state index in [1.165, 1.54) is 6.08 Å². The number of hydrogen-bond acceptors (Lipinski definition) is 9. The zero-order valence-corrected chi connectivity index (χ0v) is 16.2. The Morgan fingerprint density at radius 3 is 2.19 bits per heavy atom. The number of carbonyl (C=O) groups excluding carboxylic acids is 2. The molecule has 0 heterocycles. The minimum absolute atomic E-state index is 0.0218. The largest absolute Gasteiger partial charge is 0.769 e. The zero-order valence-electron chi connectivity index (χ0n) is 15.4. The number of ketones is 2. The number of allylic oxidation sites excluding steroid dienone is 2. The van der Waals surface area contributed by atoms with Gasteiger partial charge in [-0.3, -0.25) is 14.1 Å². The minimum Gasteiger partial charge on any atom is -0.769 e. The van der Waals surface area contributed by atoms with Gasteiger partial charge in [0.1, 0.15) is 16.3 Å². The third-order valence-corrected chi connectivity index (χ3v) is 5.52. The van der Waals surface area contributed by atoms with Crippen LogP contribution in [0.5, 0.6) is 0 Å². The van der Waals surface area contributed by atoms with E-state index in [9.17, 15) is 33.0 Å². The maximum absolute atomic E-state index is 12.5. The Bertz CT molecular complexity index is 1370. The van der Waals surface area contributed by atoms with Gasteiger partial charge in [-0.15, -0.1) is 10.2 Å². The predicted octanol–water partition coefficient (Wildman–Crippen LogP) is 2.09. The van der Waals surface area contributed by atoms with E-state index in [1.54, 1.807) is 30.3 Å². The van der Waals surface area contributed by atoms with E-state index in [-0.39, 0.29) is 22.6 Å². The highest BCUT2D eigenvalue weighted by Gasteiger charge is 2.31. The highest BCUT2D eigenvalue weighted by Crippen LogP contribution is 2.32. The Morgan fingerprint density at radius 1 is 0.839 bits per heavy atom. The maximum Gasteiger partial charge on any atom is 0.295 e. The van der Waals surface area contributed by atoms with Gasteiger partial charge in [0.15, 0.2) is 0 Å². The smallest absolute Gasteiger partial charge is 0.295 e. The first-order valence-corrected chi connectivity index (χ1v) is 10.1. The van der Waals surface area contributed by atoms with Gasteiger partial charge in [-0.1, -0.05) is 30.3 Å². The van der Waals surface area contributed by atoms with Crippen LogP contribution in [0.3, 0.4) is 0 Å². The highest BCUT2D eigenvalue weighted by atomic mass is 32.2. The average molecular weight is 437 g/mol.